The topological polar surface area (TPSA) is 64.4 Å². The average Bonchev–Trinajstić information content (AvgIpc) is 2.55. The van der Waals surface area contributed by atoms with Gasteiger partial charge in [0, 0.05) is 24.1 Å². The van der Waals surface area contributed by atoms with Gasteiger partial charge in [-0.05, 0) is 23.8 Å². The van der Waals surface area contributed by atoms with Crippen molar-refractivity contribution in [2.45, 2.75) is 19.0 Å². The highest BCUT2D eigenvalue weighted by Gasteiger charge is 2.22. The second-order valence-corrected chi connectivity index (χ2v) is 5.10. The van der Waals surface area contributed by atoms with Gasteiger partial charge >= 0.3 is 0 Å². The predicted octanol–water partition coefficient (Wildman–Crippen LogP) is 2.40. The number of nitrogens with one attached hydrogen (secondary N) is 1. The highest BCUT2D eigenvalue weighted by molar-refractivity contribution is 5.94. The molecule has 0 bridgehead atoms. The Hall–Kier alpha value is -2.33. The van der Waals surface area contributed by atoms with E-state index in [4.69, 9.17) is 10.5 Å². The Balaban J connectivity index is 1.76. The quantitative estimate of drug-likeness (QED) is 0.908. The molecule has 0 saturated carbocycles. The fourth-order valence-corrected chi connectivity index (χ4v) is 2.53. The monoisotopic (exact) mass is 282 g/mol. The van der Waals surface area contributed by atoms with Gasteiger partial charge in [-0.15, -0.1) is 0 Å². The third kappa shape index (κ3) is 2.90. The van der Waals surface area contributed by atoms with Gasteiger partial charge < -0.3 is 15.8 Å². The number of benzene rings is 2. The number of hydrogen-bond donors (Lipinski definition) is 2. The van der Waals surface area contributed by atoms with Crippen LogP contribution in [0.4, 0.5) is 0 Å². The van der Waals surface area contributed by atoms with Crippen molar-refractivity contribution in [3.05, 3.63) is 65.2 Å². The molecule has 4 nitrogen and oxygen atoms in total. The van der Waals surface area contributed by atoms with Gasteiger partial charge in [-0.3, -0.25) is 4.79 Å². The lowest BCUT2D eigenvalue weighted by molar-refractivity contribution is 0.0925. The zero-order valence-corrected chi connectivity index (χ0v) is 11.7. The third-order valence-electron chi connectivity index (χ3n) is 3.72. The first-order valence-corrected chi connectivity index (χ1v) is 7.09. The van der Waals surface area contributed by atoms with Crippen molar-refractivity contribution in [3.8, 4) is 5.75 Å². The Morgan fingerprint density at radius 3 is 2.71 bits per heavy atom. The maximum absolute atomic E-state index is 12.3. The molecule has 1 aliphatic heterocycles. The van der Waals surface area contributed by atoms with E-state index in [9.17, 15) is 4.79 Å². The summed E-state index contributed by atoms with van der Waals surface area (Å²) in [7, 11) is 0. The minimum absolute atomic E-state index is 0.00312. The first kappa shape index (κ1) is 13.6. The van der Waals surface area contributed by atoms with E-state index in [1.54, 1.807) is 0 Å². The molecule has 1 heterocycles. The van der Waals surface area contributed by atoms with Crippen LogP contribution in [0.5, 0.6) is 5.75 Å². The molecule has 0 fully saturated rings. The highest BCUT2D eigenvalue weighted by atomic mass is 16.5. The van der Waals surface area contributed by atoms with Crippen LogP contribution in [-0.2, 0) is 6.54 Å². The van der Waals surface area contributed by atoms with Crippen LogP contribution >= 0.6 is 0 Å². The second-order valence-electron chi connectivity index (χ2n) is 5.10. The summed E-state index contributed by atoms with van der Waals surface area (Å²) >= 11 is 0. The van der Waals surface area contributed by atoms with E-state index >= 15 is 0 Å². The van der Waals surface area contributed by atoms with Gasteiger partial charge in [0.2, 0.25) is 0 Å². The van der Waals surface area contributed by atoms with Gasteiger partial charge in [0.1, 0.15) is 5.75 Å². The molecule has 2 aromatic carbocycles. The number of ether oxygens (including phenoxy) is 1. The first-order valence-electron chi connectivity index (χ1n) is 7.09. The molecular weight excluding hydrogens is 264 g/mol. The van der Waals surface area contributed by atoms with Gasteiger partial charge in [-0.1, -0.05) is 30.3 Å². The highest BCUT2D eigenvalue weighted by Crippen LogP contribution is 2.31. The summed E-state index contributed by atoms with van der Waals surface area (Å²) in [4.78, 5) is 12.3. The van der Waals surface area contributed by atoms with Crippen LogP contribution < -0.4 is 15.8 Å². The van der Waals surface area contributed by atoms with Crippen LogP contribution in [-0.4, -0.2) is 12.5 Å². The largest absolute Gasteiger partial charge is 0.493 e. The molecule has 0 aromatic heterocycles. The molecule has 0 saturated heterocycles. The number of carbonyl (C=O) groups excluding carboxylic acids is 1. The smallest absolute Gasteiger partial charge is 0.251 e. The number of fused-ring (bicyclic) bond motifs is 1. The Morgan fingerprint density at radius 1 is 1.19 bits per heavy atom. The molecule has 1 unspecified atom stereocenters. The molecule has 4 heteroatoms. The van der Waals surface area contributed by atoms with Crippen LogP contribution in [0.1, 0.15) is 33.9 Å². The summed E-state index contributed by atoms with van der Waals surface area (Å²) < 4.78 is 5.61. The van der Waals surface area contributed by atoms with E-state index in [0.717, 1.165) is 23.3 Å². The molecule has 108 valence electrons. The average molecular weight is 282 g/mol. The number of amides is 1. The van der Waals surface area contributed by atoms with Gasteiger partial charge in [-0.25, -0.2) is 0 Å². The maximum Gasteiger partial charge on any atom is 0.251 e. The van der Waals surface area contributed by atoms with E-state index in [1.165, 1.54) is 0 Å². The number of para-hydroxylation sites is 1. The third-order valence-corrected chi connectivity index (χ3v) is 3.72. The summed E-state index contributed by atoms with van der Waals surface area (Å²) in [5, 5.41) is 3.08. The normalized spacial score (nSPS) is 16.7. The summed E-state index contributed by atoms with van der Waals surface area (Å²) in [5.41, 5.74) is 8.27. The molecule has 3 N–H and O–H groups in total. The molecular formula is C17H18N2O2. The summed E-state index contributed by atoms with van der Waals surface area (Å²) in [5.74, 6) is 0.785. The summed E-state index contributed by atoms with van der Waals surface area (Å²) in [6.45, 7) is 1.10. The number of nitrogens with two attached hydrogens (primary N) is 1. The molecule has 0 aliphatic carbocycles. The Morgan fingerprint density at radius 2 is 1.95 bits per heavy atom. The van der Waals surface area contributed by atoms with Crippen LogP contribution in [0, 0.1) is 0 Å². The molecule has 1 amide bonds. The number of hydrogen-bond acceptors (Lipinski definition) is 3. The Labute approximate surface area is 123 Å². The van der Waals surface area contributed by atoms with Crippen molar-refractivity contribution in [1.29, 1.82) is 0 Å². The molecule has 0 radical (unpaired) electrons. The predicted molar refractivity (Wildman–Crippen MR) is 81.1 cm³/mol. The molecule has 1 aliphatic rings. The van der Waals surface area contributed by atoms with Gasteiger partial charge in [0.15, 0.2) is 0 Å². The van der Waals surface area contributed by atoms with E-state index in [1.807, 2.05) is 48.5 Å². The minimum atomic E-state index is -0.0692. The number of carbonyl (C=O) groups is 1. The Bertz CT molecular complexity index is 637. The summed E-state index contributed by atoms with van der Waals surface area (Å²) in [6.07, 6.45) is 0.781. The van der Waals surface area contributed by atoms with Gasteiger partial charge in [0.25, 0.3) is 5.91 Å². The van der Waals surface area contributed by atoms with Crippen LogP contribution in [0.3, 0.4) is 0 Å². The van der Waals surface area contributed by atoms with Crippen molar-refractivity contribution in [3.63, 3.8) is 0 Å². The fraction of sp³-hybridized carbons (Fsp3) is 0.235. The van der Waals surface area contributed by atoms with E-state index in [-0.39, 0.29) is 11.9 Å². The lowest BCUT2D eigenvalue weighted by Crippen LogP contribution is -2.32. The van der Waals surface area contributed by atoms with Crippen molar-refractivity contribution in [2.75, 3.05) is 6.61 Å². The molecule has 3 rings (SSSR count). The first-order chi connectivity index (χ1) is 10.3. The Kier molecular flexibility index (Phi) is 3.88. The summed E-state index contributed by atoms with van der Waals surface area (Å²) in [6, 6.07) is 15.2. The lowest BCUT2D eigenvalue weighted by atomic mass is 10.00. The standard InChI is InChI=1S/C17H18N2O2/c18-11-12-5-7-13(8-6-12)17(20)19-15-9-10-21-16-4-2-1-3-14(15)16/h1-8,15H,9-11,18H2,(H,19,20). The molecule has 0 spiro atoms. The van der Waals surface area contributed by atoms with Crippen LogP contribution in [0.25, 0.3) is 0 Å². The molecule has 2 aromatic rings. The van der Waals surface area contributed by atoms with Gasteiger partial charge in [0.05, 0.1) is 12.6 Å². The van der Waals surface area contributed by atoms with E-state index in [2.05, 4.69) is 5.32 Å². The van der Waals surface area contributed by atoms with E-state index in [0.29, 0.717) is 18.7 Å². The fourth-order valence-electron chi connectivity index (χ4n) is 2.53. The maximum atomic E-state index is 12.3. The SMILES string of the molecule is NCc1ccc(C(=O)NC2CCOc3ccccc32)cc1. The molecule has 1 atom stereocenters. The van der Waals surface area contributed by atoms with Crippen LogP contribution in [0.15, 0.2) is 48.5 Å². The zero-order chi connectivity index (χ0) is 14.7. The number of rotatable bonds is 3. The zero-order valence-electron chi connectivity index (χ0n) is 11.7. The van der Waals surface area contributed by atoms with E-state index < -0.39 is 0 Å². The van der Waals surface area contributed by atoms with Crippen molar-refractivity contribution in [1.82, 2.24) is 5.32 Å². The van der Waals surface area contributed by atoms with Crippen LogP contribution in [0.2, 0.25) is 0 Å². The van der Waals surface area contributed by atoms with Crippen molar-refractivity contribution in [2.24, 2.45) is 5.73 Å². The second kappa shape index (κ2) is 5.97. The van der Waals surface area contributed by atoms with Gasteiger partial charge in [-0.2, -0.15) is 0 Å². The minimum Gasteiger partial charge on any atom is -0.493 e. The van der Waals surface area contributed by atoms with Crippen molar-refractivity contribution < 1.29 is 9.53 Å². The van der Waals surface area contributed by atoms with Crippen molar-refractivity contribution >= 4 is 5.91 Å². The lowest BCUT2D eigenvalue weighted by Gasteiger charge is -2.26. The molecule has 21 heavy (non-hydrogen) atoms.